The first-order valence-corrected chi connectivity index (χ1v) is 6.00. The SMILES string of the molecule is CC(N)C(C)C(=O)Nc1cccc2ncccc12. The minimum atomic E-state index is -0.225. The number of carbonyl (C=O) groups excluding carboxylic acids is 1. The van der Waals surface area contributed by atoms with E-state index in [0.717, 1.165) is 16.6 Å². The van der Waals surface area contributed by atoms with Crippen LogP contribution in [0.5, 0.6) is 0 Å². The number of rotatable bonds is 3. The second-order valence-corrected chi connectivity index (χ2v) is 4.51. The molecule has 0 aliphatic carbocycles. The number of fused-ring (bicyclic) bond motifs is 1. The van der Waals surface area contributed by atoms with E-state index in [2.05, 4.69) is 10.3 Å². The van der Waals surface area contributed by atoms with Crippen molar-refractivity contribution >= 4 is 22.5 Å². The van der Waals surface area contributed by atoms with Gasteiger partial charge < -0.3 is 11.1 Å². The van der Waals surface area contributed by atoms with E-state index >= 15 is 0 Å². The van der Waals surface area contributed by atoms with E-state index < -0.39 is 0 Å². The third kappa shape index (κ3) is 2.49. The number of nitrogens with one attached hydrogen (secondary N) is 1. The number of anilines is 1. The lowest BCUT2D eigenvalue weighted by molar-refractivity contribution is -0.119. The summed E-state index contributed by atoms with van der Waals surface area (Å²) in [6.45, 7) is 3.65. The fourth-order valence-corrected chi connectivity index (χ4v) is 1.70. The summed E-state index contributed by atoms with van der Waals surface area (Å²) in [7, 11) is 0. The first-order chi connectivity index (χ1) is 8.59. The molecule has 1 heterocycles. The monoisotopic (exact) mass is 243 g/mol. The minimum Gasteiger partial charge on any atom is -0.327 e. The van der Waals surface area contributed by atoms with Crippen molar-refractivity contribution in [3.63, 3.8) is 0 Å². The number of nitrogens with two attached hydrogens (primary N) is 1. The largest absolute Gasteiger partial charge is 0.327 e. The van der Waals surface area contributed by atoms with Crippen molar-refractivity contribution in [3.05, 3.63) is 36.5 Å². The van der Waals surface area contributed by atoms with E-state index in [-0.39, 0.29) is 17.9 Å². The summed E-state index contributed by atoms with van der Waals surface area (Å²) >= 11 is 0. The summed E-state index contributed by atoms with van der Waals surface area (Å²) in [5.74, 6) is -0.293. The Kier molecular flexibility index (Phi) is 3.58. The van der Waals surface area contributed by atoms with Gasteiger partial charge in [-0.1, -0.05) is 13.0 Å². The van der Waals surface area contributed by atoms with Gasteiger partial charge in [-0.3, -0.25) is 9.78 Å². The molecule has 0 fully saturated rings. The molecule has 0 saturated heterocycles. The molecule has 4 heteroatoms. The second kappa shape index (κ2) is 5.14. The molecule has 18 heavy (non-hydrogen) atoms. The summed E-state index contributed by atoms with van der Waals surface area (Å²) < 4.78 is 0. The van der Waals surface area contributed by atoms with Crippen molar-refractivity contribution < 1.29 is 4.79 Å². The lowest BCUT2D eigenvalue weighted by atomic mass is 10.0. The van der Waals surface area contributed by atoms with Gasteiger partial charge in [0.25, 0.3) is 0 Å². The van der Waals surface area contributed by atoms with E-state index in [1.54, 1.807) is 6.20 Å². The molecule has 2 rings (SSSR count). The van der Waals surface area contributed by atoms with Crippen molar-refractivity contribution in [2.24, 2.45) is 11.7 Å². The third-order valence-electron chi connectivity index (χ3n) is 3.11. The molecule has 3 N–H and O–H groups in total. The van der Waals surface area contributed by atoms with E-state index in [9.17, 15) is 4.79 Å². The molecular weight excluding hydrogens is 226 g/mol. The highest BCUT2D eigenvalue weighted by molar-refractivity contribution is 6.01. The molecule has 1 aromatic carbocycles. The van der Waals surface area contributed by atoms with Crippen LogP contribution in [0.2, 0.25) is 0 Å². The topological polar surface area (TPSA) is 68.0 Å². The molecule has 0 bridgehead atoms. The molecule has 1 aromatic heterocycles. The quantitative estimate of drug-likeness (QED) is 0.868. The summed E-state index contributed by atoms with van der Waals surface area (Å²) in [5, 5.41) is 3.84. The zero-order valence-corrected chi connectivity index (χ0v) is 10.6. The molecule has 0 spiro atoms. The molecule has 2 aromatic rings. The Labute approximate surface area is 106 Å². The molecule has 2 unspecified atom stereocenters. The summed E-state index contributed by atoms with van der Waals surface area (Å²) in [4.78, 5) is 16.2. The van der Waals surface area contributed by atoms with Gasteiger partial charge in [0.1, 0.15) is 0 Å². The van der Waals surface area contributed by atoms with Crippen molar-refractivity contribution in [2.75, 3.05) is 5.32 Å². The maximum atomic E-state index is 12.0. The van der Waals surface area contributed by atoms with Gasteiger partial charge in [-0.05, 0) is 31.2 Å². The highest BCUT2D eigenvalue weighted by Crippen LogP contribution is 2.21. The van der Waals surface area contributed by atoms with Crippen LogP contribution < -0.4 is 11.1 Å². The van der Waals surface area contributed by atoms with Crippen LogP contribution in [-0.2, 0) is 4.79 Å². The summed E-state index contributed by atoms with van der Waals surface area (Å²) in [5.41, 5.74) is 7.37. The summed E-state index contributed by atoms with van der Waals surface area (Å²) in [6.07, 6.45) is 1.73. The first kappa shape index (κ1) is 12.5. The number of amides is 1. The number of carbonyl (C=O) groups is 1. The molecule has 2 atom stereocenters. The van der Waals surface area contributed by atoms with Crippen LogP contribution in [0.25, 0.3) is 10.9 Å². The van der Waals surface area contributed by atoms with Gasteiger partial charge in [0.15, 0.2) is 0 Å². The van der Waals surface area contributed by atoms with Crippen LogP contribution in [0, 0.1) is 5.92 Å². The Balaban J connectivity index is 2.30. The zero-order chi connectivity index (χ0) is 13.1. The minimum absolute atomic E-state index is 0.0682. The Morgan fingerprint density at radius 2 is 2.06 bits per heavy atom. The Bertz CT molecular complexity index is 560. The van der Waals surface area contributed by atoms with Crippen LogP contribution >= 0.6 is 0 Å². The first-order valence-electron chi connectivity index (χ1n) is 6.00. The summed E-state index contributed by atoms with van der Waals surface area (Å²) in [6, 6.07) is 9.29. The fourth-order valence-electron chi connectivity index (χ4n) is 1.70. The van der Waals surface area contributed by atoms with Gasteiger partial charge in [-0.25, -0.2) is 0 Å². The van der Waals surface area contributed by atoms with Crippen LogP contribution in [0.15, 0.2) is 36.5 Å². The maximum absolute atomic E-state index is 12.0. The van der Waals surface area contributed by atoms with Crippen molar-refractivity contribution in [3.8, 4) is 0 Å². The van der Waals surface area contributed by atoms with Crippen molar-refractivity contribution in [1.82, 2.24) is 4.98 Å². The Morgan fingerprint density at radius 3 is 2.78 bits per heavy atom. The van der Waals surface area contributed by atoms with Gasteiger partial charge in [0.2, 0.25) is 5.91 Å². The number of hydrogen-bond donors (Lipinski definition) is 2. The van der Waals surface area contributed by atoms with Gasteiger partial charge in [0.05, 0.1) is 17.1 Å². The van der Waals surface area contributed by atoms with E-state index in [4.69, 9.17) is 5.73 Å². The molecular formula is C14H17N3O. The van der Waals surface area contributed by atoms with Crippen LogP contribution in [0.3, 0.4) is 0 Å². The highest BCUT2D eigenvalue weighted by atomic mass is 16.1. The smallest absolute Gasteiger partial charge is 0.228 e. The average Bonchev–Trinajstić information content (AvgIpc) is 2.38. The van der Waals surface area contributed by atoms with Gasteiger partial charge in [0, 0.05) is 17.6 Å². The number of nitrogens with zero attached hydrogens (tertiary/aromatic N) is 1. The lowest BCUT2D eigenvalue weighted by Crippen LogP contribution is -2.34. The molecule has 0 radical (unpaired) electrons. The molecule has 1 amide bonds. The number of hydrogen-bond acceptors (Lipinski definition) is 3. The molecule has 0 saturated carbocycles. The lowest BCUT2D eigenvalue weighted by Gasteiger charge is -2.16. The van der Waals surface area contributed by atoms with Gasteiger partial charge in [-0.2, -0.15) is 0 Å². The normalized spacial score (nSPS) is 14.2. The standard InChI is InChI=1S/C14H17N3O/c1-9(10(2)15)14(18)17-13-7-3-6-12-11(13)5-4-8-16-12/h3-10H,15H2,1-2H3,(H,17,18). The molecule has 0 aliphatic heterocycles. The average molecular weight is 243 g/mol. The Hall–Kier alpha value is -1.94. The predicted molar refractivity (Wildman–Crippen MR) is 73.2 cm³/mol. The predicted octanol–water partition coefficient (Wildman–Crippen LogP) is 2.16. The maximum Gasteiger partial charge on any atom is 0.228 e. The second-order valence-electron chi connectivity index (χ2n) is 4.51. The van der Waals surface area contributed by atoms with E-state index in [1.165, 1.54) is 0 Å². The van der Waals surface area contributed by atoms with Crippen LogP contribution in [-0.4, -0.2) is 16.9 Å². The van der Waals surface area contributed by atoms with E-state index in [0.29, 0.717) is 0 Å². The zero-order valence-electron chi connectivity index (χ0n) is 10.6. The van der Waals surface area contributed by atoms with Crippen LogP contribution in [0.4, 0.5) is 5.69 Å². The number of benzene rings is 1. The highest BCUT2D eigenvalue weighted by Gasteiger charge is 2.17. The van der Waals surface area contributed by atoms with E-state index in [1.807, 2.05) is 44.2 Å². The Morgan fingerprint density at radius 1 is 1.28 bits per heavy atom. The fraction of sp³-hybridized carbons (Fsp3) is 0.286. The van der Waals surface area contributed by atoms with Crippen LogP contribution in [0.1, 0.15) is 13.8 Å². The van der Waals surface area contributed by atoms with Crippen molar-refractivity contribution in [1.29, 1.82) is 0 Å². The molecule has 4 nitrogen and oxygen atoms in total. The third-order valence-corrected chi connectivity index (χ3v) is 3.11. The van der Waals surface area contributed by atoms with Gasteiger partial charge in [-0.15, -0.1) is 0 Å². The number of pyridine rings is 1. The van der Waals surface area contributed by atoms with Gasteiger partial charge >= 0.3 is 0 Å². The molecule has 94 valence electrons. The molecule has 0 aliphatic rings. The van der Waals surface area contributed by atoms with Crippen molar-refractivity contribution in [2.45, 2.75) is 19.9 Å². The number of aromatic nitrogens is 1.